The van der Waals surface area contributed by atoms with Crippen LogP contribution in [0.15, 0.2) is 29.2 Å². The van der Waals surface area contributed by atoms with Gasteiger partial charge in [0, 0.05) is 16.8 Å². The van der Waals surface area contributed by atoms with E-state index < -0.39 is 0 Å². The molecule has 2 rings (SSSR count). The Balaban J connectivity index is 2.47. The summed E-state index contributed by atoms with van der Waals surface area (Å²) in [7, 11) is 0. The Kier molecular flexibility index (Phi) is 5.35. The fourth-order valence-electron chi connectivity index (χ4n) is 2.30. The molecule has 0 atom stereocenters. The van der Waals surface area contributed by atoms with E-state index in [0.29, 0.717) is 22.0 Å². The third-order valence-electron chi connectivity index (χ3n) is 3.16. The number of benzene rings is 1. The summed E-state index contributed by atoms with van der Waals surface area (Å²) < 4.78 is 0. The van der Waals surface area contributed by atoms with Crippen molar-refractivity contribution in [2.75, 3.05) is 6.54 Å². The Morgan fingerprint density at radius 1 is 1.05 bits per heavy atom. The summed E-state index contributed by atoms with van der Waals surface area (Å²) in [4.78, 5) is 27.3. The normalized spacial score (nSPS) is 15.7. The Hall–Kier alpha value is -1.26. The number of thioether (sulfide) groups is 1. The van der Waals surface area contributed by atoms with Crippen molar-refractivity contribution in [3.05, 3.63) is 39.8 Å². The van der Waals surface area contributed by atoms with Gasteiger partial charge in [-0.3, -0.25) is 14.5 Å². The number of nitrogens with zero attached hydrogens (tertiary/aromatic N) is 1. The lowest BCUT2D eigenvalue weighted by Crippen LogP contribution is -2.34. The van der Waals surface area contributed by atoms with E-state index in [1.807, 2.05) is 27.7 Å². The zero-order valence-corrected chi connectivity index (χ0v) is 14.8. The quantitative estimate of drug-likeness (QED) is 0.755. The summed E-state index contributed by atoms with van der Waals surface area (Å²) in [5, 5.41) is 0.839. The maximum Gasteiger partial charge on any atom is 0.268 e. The minimum Gasteiger partial charge on any atom is -0.274 e. The van der Waals surface area contributed by atoms with Crippen LogP contribution in [0.2, 0.25) is 5.02 Å². The number of hydrogen-bond donors (Lipinski definition) is 0. The molecule has 0 saturated heterocycles. The van der Waals surface area contributed by atoms with Crippen molar-refractivity contribution in [3.8, 4) is 0 Å². The zero-order valence-electron chi connectivity index (χ0n) is 13.2. The van der Waals surface area contributed by atoms with Crippen LogP contribution in [0.1, 0.15) is 33.3 Å². The Morgan fingerprint density at radius 2 is 1.64 bits per heavy atom. The number of imide groups is 1. The molecule has 0 fully saturated rings. The van der Waals surface area contributed by atoms with Gasteiger partial charge in [0.25, 0.3) is 11.8 Å². The molecule has 0 N–H and O–H groups in total. The third kappa shape index (κ3) is 3.55. The predicted molar refractivity (Wildman–Crippen MR) is 92.7 cm³/mol. The van der Waals surface area contributed by atoms with Gasteiger partial charge in [0.2, 0.25) is 0 Å². The molecule has 0 bridgehead atoms. The molecule has 118 valence electrons. The summed E-state index contributed by atoms with van der Waals surface area (Å²) >= 11 is 7.36. The summed E-state index contributed by atoms with van der Waals surface area (Å²) in [5.74, 6) is -0.144. The summed E-state index contributed by atoms with van der Waals surface area (Å²) in [6.45, 7) is 8.46. The van der Waals surface area contributed by atoms with E-state index in [1.165, 1.54) is 16.7 Å². The van der Waals surface area contributed by atoms with Gasteiger partial charge >= 0.3 is 0 Å². The molecule has 0 aromatic heterocycles. The number of hydrogen-bond acceptors (Lipinski definition) is 3. The van der Waals surface area contributed by atoms with Gasteiger partial charge in [-0.15, -0.1) is 11.8 Å². The minimum absolute atomic E-state index is 0.178. The van der Waals surface area contributed by atoms with Crippen molar-refractivity contribution < 1.29 is 9.59 Å². The second kappa shape index (κ2) is 6.88. The molecule has 1 aromatic carbocycles. The fraction of sp³-hybridized carbons (Fsp3) is 0.412. The maximum atomic E-state index is 12.7. The molecule has 2 amide bonds. The molecule has 0 aliphatic carbocycles. The van der Waals surface area contributed by atoms with Crippen LogP contribution in [-0.2, 0) is 9.59 Å². The van der Waals surface area contributed by atoms with Gasteiger partial charge in [-0.2, -0.15) is 0 Å². The van der Waals surface area contributed by atoms with Gasteiger partial charge in [-0.1, -0.05) is 51.4 Å². The van der Waals surface area contributed by atoms with Gasteiger partial charge in [0.05, 0.1) is 10.5 Å². The maximum absolute atomic E-state index is 12.7. The first-order valence-electron chi connectivity index (χ1n) is 7.34. The number of carbonyl (C=O) groups is 2. The van der Waals surface area contributed by atoms with Crippen molar-refractivity contribution in [2.24, 2.45) is 5.92 Å². The lowest BCUT2D eigenvalue weighted by molar-refractivity contribution is -0.137. The Bertz CT molecular complexity index is 620. The zero-order chi connectivity index (χ0) is 16.4. The number of carbonyl (C=O) groups excluding carboxylic acids is 2. The molecule has 3 nitrogen and oxygen atoms in total. The standard InChI is InChI=1S/C17H20ClNO2S/c1-10(2)9-19-16(20)14(12-5-7-13(18)8-6-12)15(17(19)21)22-11(3)4/h5-8,10-11H,9H2,1-4H3. The van der Waals surface area contributed by atoms with Gasteiger partial charge in [-0.05, 0) is 23.6 Å². The summed E-state index contributed by atoms with van der Waals surface area (Å²) in [5.41, 5.74) is 1.25. The van der Waals surface area contributed by atoms with E-state index in [0.717, 1.165) is 5.56 Å². The van der Waals surface area contributed by atoms with E-state index in [2.05, 4.69) is 0 Å². The van der Waals surface area contributed by atoms with Crippen LogP contribution in [0, 0.1) is 5.92 Å². The van der Waals surface area contributed by atoms with E-state index in [-0.39, 0.29) is 23.0 Å². The van der Waals surface area contributed by atoms with Crippen molar-refractivity contribution in [2.45, 2.75) is 32.9 Å². The highest BCUT2D eigenvalue weighted by atomic mass is 35.5. The van der Waals surface area contributed by atoms with Crippen LogP contribution in [-0.4, -0.2) is 28.5 Å². The third-order valence-corrected chi connectivity index (χ3v) is 4.50. The van der Waals surface area contributed by atoms with Crippen molar-refractivity contribution in [1.29, 1.82) is 0 Å². The molecular weight excluding hydrogens is 318 g/mol. The lowest BCUT2D eigenvalue weighted by atomic mass is 10.1. The molecule has 0 radical (unpaired) electrons. The van der Waals surface area contributed by atoms with Gasteiger partial charge < -0.3 is 0 Å². The smallest absolute Gasteiger partial charge is 0.268 e. The average Bonchev–Trinajstić information content (AvgIpc) is 2.64. The molecule has 1 heterocycles. The Morgan fingerprint density at radius 3 is 2.14 bits per heavy atom. The van der Waals surface area contributed by atoms with Crippen LogP contribution >= 0.6 is 23.4 Å². The number of rotatable bonds is 5. The second-order valence-electron chi connectivity index (χ2n) is 5.99. The SMILES string of the molecule is CC(C)CN1C(=O)C(SC(C)C)=C(c2ccc(Cl)cc2)C1=O. The van der Waals surface area contributed by atoms with Gasteiger partial charge in [0.1, 0.15) is 0 Å². The van der Waals surface area contributed by atoms with Crippen molar-refractivity contribution in [3.63, 3.8) is 0 Å². The molecule has 1 aliphatic heterocycles. The predicted octanol–water partition coefficient (Wildman–Crippen LogP) is 4.22. The van der Waals surface area contributed by atoms with Gasteiger partial charge in [0.15, 0.2) is 0 Å². The molecule has 5 heteroatoms. The van der Waals surface area contributed by atoms with Crippen LogP contribution in [0.4, 0.5) is 0 Å². The van der Waals surface area contributed by atoms with Gasteiger partial charge in [-0.25, -0.2) is 0 Å². The van der Waals surface area contributed by atoms with Crippen LogP contribution in [0.5, 0.6) is 0 Å². The molecule has 0 spiro atoms. The topological polar surface area (TPSA) is 37.4 Å². The van der Waals surface area contributed by atoms with Crippen LogP contribution in [0.3, 0.4) is 0 Å². The minimum atomic E-state index is -0.204. The first-order chi connectivity index (χ1) is 10.3. The first kappa shape index (κ1) is 17.1. The molecule has 22 heavy (non-hydrogen) atoms. The van der Waals surface area contributed by atoms with Crippen molar-refractivity contribution in [1.82, 2.24) is 4.90 Å². The van der Waals surface area contributed by atoms with E-state index in [9.17, 15) is 9.59 Å². The Labute approximate surface area is 140 Å². The second-order valence-corrected chi connectivity index (χ2v) is 8.02. The summed E-state index contributed by atoms with van der Waals surface area (Å²) in [6.07, 6.45) is 0. The highest BCUT2D eigenvalue weighted by Crippen LogP contribution is 2.38. The lowest BCUT2D eigenvalue weighted by Gasteiger charge is -2.17. The summed E-state index contributed by atoms with van der Waals surface area (Å²) in [6, 6.07) is 7.07. The number of halogens is 1. The van der Waals surface area contributed by atoms with Crippen LogP contribution in [0.25, 0.3) is 5.57 Å². The van der Waals surface area contributed by atoms with E-state index in [1.54, 1.807) is 24.3 Å². The molecule has 1 aliphatic rings. The molecule has 0 unspecified atom stereocenters. The number of amides is 2. The van der Waals surface area contributed by atoms with Crippen LogP contribution < -0.4 is 0 Å². The first-order valence-corrected chi connectivity index (χ1v) is 8.60. The monoisotopic (exact) mass is 337 g/mol. The fourth-order valence-corrected chi connectivity index (χ4v) is 3.43. The molecule has 1 aromatic rings. The average molecular weight is 338 g/mol. The van der Waals surface area contributed by atoms with E-state index >= 15 is 0 Å². The van der Waals surface area contributed by atoms with E-state index in [4.69, 9.17) is 11.6 Å². The molecule has 0 saturated carbocycles. The largest absolute Gasteiger partial charge is 0.274 e. The highest BCUT2D eigenvalue weighted by molar-refractivity contribution is 8.04. The highest BCUT2D eigenvalue weighted by Gasteiger charge is 2.39. The van der Waals surface area contributed by atoms with Crippen molar-refractivity contribution >= 4 is 40.8 Å². The molecular formula is C17H20ClNO2S.